The number of nitrogens with zero attached hydrogens (tertiary/aromatic N) is 1. The lowest BCUT2D eigenvalue weighted by Gasteiger charge is -2.15. The molecule has 1 amide bonds. The van der Waals surface area contributed by atoms with Crippen molar-refractivity contribution in [2.24, 2.45) is 0 Å². The van der Waals surface area contributed by atoms with E-state index in [0.29, 0.717) is 17.8 Å². The van der Waals surface area contributed by atoms with Gasteiger partial charge in [-0.3, -0.25) is 14.4 Å². The lowest BCUT2D eigenvalue weighted by atomic mass is 10.1. The van der Waals surface area contributed by atoms with Gasteiger partial charge in [0, 0.05) is 24.3 Å². The van der Waals surface area contributed by atoms with Crippen LogP contribution in [0.5, 0.6) is 0 Å². The first-order valence-corrected chi connectivity index (χ1v) is 11.3. The minimum Gasteiger partial charge on any atom is -0.348 e. The third kappa shape index (κ3) is 5.81. The van der Waals surface area contributed by atoms with E-state index < -0.39 is 10.0 Å². The predicted molar refractivity (Wildman–Crippen MR) is 112 cm³/mol. The molecule has 2 aromatic rings. The first kappa shape index (κ1) is 20.4. The standard InChI is InChI=1S/C21H27N3O3S/c1-2-28(26,27)23-20-10-8-19(9-11-20)21(25)22-15-17-6-5-7-18(14-17)16-24-12-3-4-13-24/h5-11,14,23H,2-4,12-13,15-16H2,1H3,(H,22,25). The van der Waals surface area contributed by atoms with Gasteiger partial charge in [-0.25, -0.2) is 8.42 Å². The molecule has 1 aliphatic rings. The molecule has 0 aliphatic carbocycles. The van der Waals surface area contributed by atoms with Crippen LogP contribution in [0.1, 0.15) is 41.3 Å². The summed E-state index contributed by atoms with van der Waals surface area (Å²) in [6, 6.07) is 14.7. The van der Waals surface area contributed by atoms with Crippen molar-refractivity contribution in [1.29, 1.82) is 0 Å². The van der Waals surface area contributed by atoms with Crippen molar-refractivity contribution in [2.45, 2.75) is 32.9 Å². The molecular weight excluding hydrogens is 374 g/mol. The lowest BCUT2D eigenvalue weighted by molar-refractivity contribution is 0.0951. The first-order valence-electron chi connectivity index (χ1n) is 9.64. The van der Waals surface area contributed by atoms with Crippen LogP contribution in [0.4, 0.5) is 5.69 Å². The van der Waals surface area contributed by atoms with E-state index in [1.807, 2.05) is 12.1 Å². The maximum Gasteiger partial charge on any atom is 0.251 e. The molecule has 1 saturated heterocycles. The smallest absolute Gasteiger partial charge is 0.251 e. The van der Waals surface area contributed by atoms with Gasteiger partial charge in [0.25, 0.3) is 5.91 Å². The highest BCUT2D eigenvalue weighted by Gasteiger charge is 2.12. The van der Waals surface area contributed by atoms with Crippen LogP contribution in [0.15, 0.2) is 48.5 Å². The quantitative estimate of drug-likeness (QED) is 0.713. The summed E-state index contributed by atoms with van der Waals surface area (Å²) in [7, 11) is -3.32. The van der Waals surface area contributed by atoms with E-state index >= 15 is 0 Å². The van der Waals surface area contributed by atoms with Crippen LogP contribution in [-0.4, -0.2) is 38.1 Å². The second-order valence-electron chi connectivity index (χ2n) is 7.07. The first-order chi connectivity index (χ1) is 13.4. The van der Waals surface area contributed by atoms with Gasteiger partial charge in [-0.2, -0.15) is 0 Å². The topological polar surface area (TPSA) is 78.5 Å². The maximum absolute atomic E-state index is 12.4. The van der Waals surface area contributed by atoms with E-state index in [9.17, 15) is 13.2 Å². The van der Waals surface area contributed by atoms with Gasteiger partial charge >= 0.3 is 0 Å². The summed E-state index contributed by atoms with van der Waals surface area (Å²) in [6.45, 7) is 5.30. The van der Waals surface area contributed by atoms with Crippen LogP contribution >= 0.6 is 0 Å². The molecule has 1 fully saturated rings. The number of hydrogen-bond donors (Lipinski definition) is 2. The number of likely N-dealkylation sites (tertiary alicyclic amines) is 1. The van der Waals surface area contributed by atoms with E-state index in [0.717, 1.165) is 25.2 Å². The number of carbonyl (C=O) groups excluding carboxylic acids is 1. The summed E-state index contributed by atoms with van der Waals surface area (Å²) in [5.74, 6) is -0.179. The maximum atomic E-state index is 12.4. The average Bonchev–Trinajstić information content (AvgIpc) is 3.20. The molecule has 7 heteroatoms. The Labute approximate surface area is 167 Å². The molecule has 0 aromatic heterocycles. The Balaban J connectivity index is 1.55. The normalized spacial score (nSPS) is 14.8. The van der Waals surface area contributed by atoms with Gasteiger partial charge in [0.15, 0.2) is 0 Å². The number of rotatable bonds is 8. The van der Waals surface area contributed by atoms with Crippen LogP contribution < -0.4 is 10.0 Å². The summed E-state index contributed by atoms with van der Waals surface area (Å²) in [4.78, 5) is 14.8. The van der Waals surface area contributed by atoms with Crippen molar-refractivity contribution >= 4 is 21.6 Å². The SMILES string of the molecule is CCS(=O)(=O)Nc1ccc(C(=O)NCc2cccc(CN3CCCC3)c2)cc1. The zero-order valence-electron chi connectivity index (χ0n) is 16.1. The van der Waals surface area contributed by atoms with E-state index in [4.69, 9.17) is 0 Å². The molecule has 2 N–H and O–H groups in total. The second-order valence-corrected chi connectivity index (χ2v) is 9.08. The number of nitrogens with one attached hydrogen (secondary N) is 2. The number of benzene rings is 2. The van der Waals surface area contributed by atoms with Crippen LogP contribution in [-0.2, 0) is 23.1 Å². The summed E-state index contributed by atoms with van der Waals surface area (Å²) >= 11 is 0. The molecule has 6 nitrogen and oxygen atoms in total. The molecule has 0 bridgehead atoms. The highest BCUT2D eigenvalue weighted by atomic mass is 32.2. The highest BCUT2D eigenvalue weighted by molar-refractivity contribution is 7.92. The van der Waals surface area contributed by atoms with Gasteiger partial charge in [0.05, 0.1) is 5.75 Å². The zero-order valence-corrected chi connectivity index (χ0v) is 17.0. The monoisotopic (exact) mass is 401 g/mol. The Morgan fingerprint density at radius 1 is 1.04 bits per heavy atom. The van der Waals surface area contributed by atoms with Gasteiger partial charge in [0.2, 0.25) is 10.0 Å². The summed E-state index contributed by atoms with van der Waals surface area (Å²) < 4.78 is 25.6. The molecule has 0 atom stereocenters. The van der Waals surface area contributed by atoms with Crippen LogP contribution in [0.3, 0.4) is 0 Å². The Morgan fingerprint density at radius 2 is 1.71 bits per heavy atom. The van der Waals surface area contributed by atoms with Crippen LogP contribution in [0.25, 0.3) is 0 Å². The zero-order chi connectivity index (χ0) is 20.0. The number of anilines is 1. The molecule has 3 rings (SSSR count). The fourth-order valence-corrected chi connectivity index (χ4v) is 3.90. The van der Waals surface area contributed by atoms with Crippen molar-refractivity contribution in [3.63, 3.8) is 0 Å². The molecule has 1 aliphatic heterocycles. The van der Waals surface area contributed by atoms with Crippen molar-refractivity contribution in [3.05, 3.63) is 65.2 Å². The number of sulfonamides is 1. The molecule has 1 heterocycles. The van der Waals surface area contributed by atoms with Gasteiger partial charge in [-0.05, 0) is 68.2 Å². The number of carbonyl (C=O) groups is 1. The van der Waals surface area contributed by atoms with Gasteiger partial charge in [0.1, 0.15) is 0 Å². The Bertz CT molecular complexity index is 905. The van der Waals surface area contributed by atoms with E-state index in [-0.39, 0.29) is 11.7 Å². The molecule has 28 heavy (non-hydrogen) atoms. The van der Waals surface area contributed by atoms with Crippen LogP contribution in [0.2, 0.25) is 0 Å². The largest absolute Gasteiger partial charge is 0.348 e. The molecular formula is C21H27N3O3S. The predicted octanol–water partition coefficient (Wildman–Crippen LogP) is 2.97. The Morgan fingerprint density at radius 3 is 2.39 bits per heavy atom. The summed E-state index contributed by atoms with van der Waals surface area (Å²) in [5, 5.41) is 2.92. The molecule has 0 spiro atoms. The minimum absolute atomic E-state index is 0.00601. The summed E-state index contributed by atoms with van der Waals surface area (Å²) in [5.41, 5.74) is 3.28. The van der Waals surface area contributed by atoms with E-state index in [1.165, 1.54) is 18.4 Å². The second kappa shape index (κ2) is 9.21. The summed E-state index contributed by atoms with van der Waals surface area (Å²) in [6.07, 6.45) is 2.54. The highest BCUT2D eigenvalue weighted by Crippen LogP contribution is 2.15. The van der Waals surface area contributed by atoms with Gasteiger partial charge in [-0.15, -0.1) is 0 Å². The molecule has 2 aromatic carbocycles. The molecule has 0 radical (unpaired) electrons. The fourth-order valence-electron chi connectivity index (χ4n) is 3.26. The molecule has 0 saturated carbocycles. The minimum atomic E-state index is -3.32. The van der Waals surface area contributed by atoms with Crippen molar-refractivity contribution < 1.29 is 13.2 Å². The van der Waals surface area contributed by atoms with Crippen molar-refractivity contribution in [1.82, 2.24) is 10.2 Å². The third-order valence-electron chi connectivity index (χ3n) is 4.85. The van der Waals surface area contributed by atoms with Crippen LogP contribution in [0, 0.1) is 0 Å². The fraction of sp³-hybridized carbons (Fsp3) is 0.381. The van der Waals surface area contributed by atoms with E-state index in [2.05, 4.69) is 27.1 Å². The average molecular weight is 402 g/mol. The van der Waals surface area contributed by atoms with Crippen molar-refractivity contribution in [3.8, 4) is 0 Å². The third-order valence-corrected chi connectivity index (χ3v) is 6.16. The lowest BCUT2D eigenvalue weighted by Crippen LogP contribution is -2.23. The Kier molecular flexibility index (Phi) is 6.70. The van der Waals surface area contributed by atoms with Crippen molar-refractivity contribution in [2.75, 3.05) is 23.6 Å². The van der Waals surface area contributed by atoms with E-state index in [1.54, 1.807) is 31.2 Å². The van der Waals surface area contributed by atoms with Gasteiger partial charge < -0.3 is 5.32 Å². The number of amides is 1. The molecule has 150 valence electrons. The Hall–Kier alpha value is -2.38. The van der Waals surface area contributed by atoms with Gasteiger partial charge in [-0.1, -0.05) is 24.3 Å². The molecule has 0 unspecified atom stereocenters. The number of hydrogen-bond acceptors (Lipinski definition) is 4.